The quantitative estimate of drug-likeness (QED) is 0.0792. The number of aliphatic carboxylic acids is 1. The minimum Gasteiger partial charge on any atom is -0.492 e. The van der Waals surface area contributed by atoms with Gasteiger partial charge in [-0.3, -0.25) is 20.0 Å². The smallest absolute Gasteiger partial charge is 0.326 e. The zero-order chi connectivity index (χ0) is 42.6. The Morgan fingerprint density at radius 1 is 0.983 bits per heavy atom. The Labute approximate surface area is 358 Å². The van der Waals surface area contributed by atoms with Gasteiger partial charge in [-0.1, -0.05) is 71.7 Å². The molecule has 0 spiro atoms. The van der Waals surface area contributed by atoms with E-state index in [0.29, 0.717) is 42.1 Å². The molecule has 2 aromatic heterocycles. The molecule has 1 aliphatic carbocycles. The van der Waals surface area contributed by atoms with Crippen LogP contribution in [0.4, 0.5) is 0 Å². The minimum absolute atomic E-state index is 0.0255. The van der Waals surface area contributed by atoms with E-state index < -0.39 is 34.1 Å². The molecule has 316 valence electrons. The van der Waals surface area contributed by atoms with Gasteiger partial charge in [-0.05, 0) is 72.7 Å². The first-order valence-corrected chi connectivity index (χ1v) is 22.1. The first-order valence-electron chi connectivity index (χ1n) is 19.5. The number of carbonyl (C=O) groups is 1. The van der Waals surface area contributed by atoms with E-state index in [1.807, 2.05) is 60.7 Å². The molecule has 2 aliphatic rings. The topological polar surface area (TPSA) is 181 Å². The number of carboxylic acids is 1. The number of pyridine rings is 2. The Hall–Kier alpha value is -4.80. The second-order valence-electron chi connectivity index (χ2n) is 15.3. The van der Waals surface area contributed by atoms with Crippen molar-refractivity contribution in [2.75, 3.05) is 39.1 Å². The van der Waals surface area contributed by atoms with E-state index in [1.54, 1.807) is 6.07 Å². The number of fused-ring (bicyclic) bond motifs is 1. The molecule has 1 saturated heterocycles. The van der Waals surface area contributed by atoms with Gasteiger partial charge in [-0.25, -0.2) is 8.42 Å². The third-order valence-electron chi connectivity index (χ3n) is 10.9. The largest absolute Gasteiger partial charge is 0.492 e. The highest BCUT2D eigenvalue weighted by Crippen LogP contribution is 2.45. The molecule has 5 aromatic rings. The van der Waals surface area contributed by atoms with Crippen molar-refractivity contribution in [1.82, 2.24) is 20.2 Å². The summed E-state index contributed by atoms with van der Waals surface area (Å²) < 4.78 is 42.9. The zero-order valence-corrected chi connectivity index (χ0v) is 35.4. The number of ether oxygens (including phenoxy) is 3. The normalized spacial score (nSPS) is 17.6. The van der Waals surface area contributed by atoms with Crippen LogP contribution in [0, 0.1) is 0 Å². The molecule has 3 atom stereocenters. The zero-order valence-electron chi connectivity index (χ0n) is 33.1. The van der Waals surface area contributed by atoms with Gasteiger partial charge in [0.15, 0.2) is 9.84 Å². The summed E-state index contributed by atoms with van der Waals surface area (Å²) in [5, 5.41) is 32.9. The molecule has 16 heteroatoms. The van der Waals surface area contributed by atoms with Crippen LogP contribution < -0.4 is 19.5 Å². The SMILES string of the molecule is CC(CO)(NCc1cc(Cl)c(O[C@H]2CCc3c(-c4cccc(-c5ccc(OCCN6CC[C@@H](O)C6)cc5)c4Cl)cccc32)nc1OCc1cncc(S(C)(=O)=O)c1)C(=O)O. The van der Waals surface area contributed by atoms with Gasteiger partial charge in [0, 0.05) is 67.1 Å². The maximum Gasteiger partial charge on any atom is 0.326 e. The lowest BCUT2D eigenvalue weighted by molar-refractivity contribution is -0.145. The summed E-state index contributed by atoms with van der Waals surface area (Å²) in [6.07, 6.45) is 5.24. The van der Waals surface area contributed by atoms with E-state index in [2.05, 4.69) is 20.2 Å². The van der Waals surface area contributed by atoms with Gasteiger partial charge < -0.3 is 29.5 Å². The highest BCUT2D eigenvalue weighted by Gasteiger charge is 2.33. The Morgan fingerprint density at radius 3 is 2.45 bits per heavy atom. The maximum absolute atomic E-state index is 12.2. The number of benzene rings is 3. The Balaban J connectivity index is 1.11. The predicted octanol–water partition coefficient (Wildman–Crippen LogP) is 6.54. The van der Waals surface area contributed by atoms with Crippen LogP contribution in [0.1, 0.15) is 48.1 Å². The van der Waals surface area contributed by atoms with Gasteiger partial charge in [0.2, 0.25) is 11.8 Å². The number of halogens is 2. The number of aliphatic hydroxyl groups is 2. The molecule has 4 N–H and O–H groups in total. The number of β-amino-alcohol motifs (C(OH)–C–C–N with tert-alkyl or cyclic N) is 1. The number of aromatic nitrogens is 2. The number of sulfone groups is 1. The lowest BCUT2D eigenvalue weighted by Crippen LogP contribution is -2.52. The molecule has 1 fully saturated rings. The van der Waals surface area contributed by atoms with E-state index in [4.69, 9.17) is 37.4 Å². The summed E-state index contributed by atoms with van der Waals surface area (Å²) in [5.74, 6) is -0.340. The monoisotopic (exact) mass is 876 g/mol. The van der Waals surface area contributed by atoms with Crippen LogP contribution in [0.25, 0.3) is 22.3 Å². The molecule has 3 heterocycles. The summed E-state index contributed by atoms with van der Waals surface area (Å²) in [7, 11) is -3.53. The van der Waals surface area contributed by atoms with Crippen LogP contribution in [0.3, 0.4) is 0 Å². The maximum atomic E-state index is 12.2. The van der Waals surface area contributed by atoms with Crippen molar-refractivity contribution < 1.29 is 42.7 Å². The van der Waals surface area contributed by atoms with Crippen LogP contribution in [0.15, 0.2) is 90.1 Å². The molecule has 1 unspecified atom stereocenters. The Bertz CT molecular complexity index is 2470. The van der Waals surface area contributed by atoms with E-state index in [0.717, 1.165) is 64.9 Å². The number of likely N-dealkylation sites (tertiary alicyclic amines) is 1. The van der Waals surface area contributed by atoms with Gasteiger partial charge in [0.05, 0.1) is 22.6 Å². The van der Waals surface area contributed by atoms with Crippen LogP contribution in [-0.4, -0.2) is 95.3 Å². The first kappa shape index (κ1) is 43.3. The lowest BCUT2D eigenvalue weighted by Gasteiger charge is -2.24. The van der Waals surface area contributed by atoms with Crippen molar-refractivity contribution in [1.29, 1.82) is 0 Å². The molecule has 0 amide bonds. The number of aliphatic hydroxyl groups excluding tert-OH is 2. The van der Waals surface area contributed by atoms with E-state index in [9.17, 15) is 28.5 Å². The highest BCUT2D eigenvalue weighted by atomic mass is 35.5. The molecule has 1 aliphatic heterocycles. The average molecular weight is 878 g/mol. The summed E-state index contributed by atoms with van der Waals surface area (Å²) in [5.41, 5.74) is 4.91. The molecule has 13 nitrogen and oxygen atoms in total. The second-order valence-corrected chi connectivity index (χ2v) is 18.1. The molecule has 3 aromatic carbocycles. The second kappa shape index (κ2) is 18.4. The minimum atomic E-state index is -3.53. The first-order chi connectivity index (χ1) is 28.7. The number of rotatable bonds is 17. The number of hydrogen-bond acceptors (Lipinski definition) is 12. The molecular formula is C44H46Cl2N4O9S. The van der Waals surface area contributed by atoms with E-state index in [-0.39, 0.29) is 40.9 Å². The summed E-state index contributed by atoms with van der Waals surface area (Å²) in [6, 6.07) is 22.9. The molecular weight excluding hydrogens is 831 g/mol. The molecule has 0 saturated carbocycles. The van der Waals surface area contributed by atoms with Crippen molar-refractivity contribution in [3.63, 3.8) is 0 Å². The fourth-order valence-corrected chi connectivity index (χ4v) is 8.52. The molecule has 60 heavy (non-hydrogen) atoms. The third kappa shape index (κ3) is 9.87. The predicted molar refractivity (Wildman–Crippen MR) is 227 cm³/mol. The Morgan fingerprint density at radius 2 is 1.73 bits per heavy atom. The third-order valence-corrected chi connectivity index (χ3v) is 12.6. The van der Waals surface area contributed by atoms with Crippen molar-refractivity contribution in [2.24, 2.45) is 0 Å². The lowest BCUT2D eigenvalue weighted by atomic mass is 9.94. The van der Waals surface area contributed by atoms with Crippen molar-refractivity contribution >= 4 is 39.0 Å². The summed E-state index contributed by atoms with van der Waals surface area (Å²) in [6.45, 7) is 3.31. The molecule has 0 bridgehead atoms. The van der Waals surface area contributed by atoms with Gasteiger partial charge >= 0.3 is 5.97 Å². The number of carboxylic acid groups (broad SMARTS) is 1. The summed E-state index contributed by atoms with van der Waals surface area (Å²) in [4.78, 5) is 22.8. The molecule has 0 radical (unpaired) electrons. The summed E-state index contributed by atoms with van der Waals surface area (Å²) >= 11 is 14.0. The van der Waals surface area contributed by atoms with Crippen LogP contribution in [0.2, 0.25) is 10.0 Å². The van der Waals surface area contributed by atoms with Crippen molar-refractivity contribution in [2.45, 2.75) is 62.0 Å². The van der Waals surface area contributed by atoms with Crippen LogP contribution >= 0.6 is 23.2 Å². The van der Waals surface area contributed by atoms with Gasteiger partial charge in [-0.2, -0.15) is 4.98 Å². The van der Waals surface area contributed by atoms with Gasteiger partial charge in [-0.15, -0.1) is 0 Å². The van der Waals surface area contributed by atoms with E-state index in [1.165, 1.54) is 25.4 Å². The fraction of sp³-hybridized carbons (Fsp3) is 0.341. The number of nitrogens with zero attached hydrogens (tertiary/aromatic N) is 3. The fourth-order valence-electron chi connectivity index (χ4n) is 7.34. The van der Waals surface area contributed by atoms with Crippen molar-refractivity contribution in [3.05, 3.63) is 117 Å². The van der Waals surface area contributed by atoms with Gasteiger partial charge in [0.1, 0.15) is 35.6 Å². The highest BCUT2D eigenvalue weighted by molar-refractivity contribution is 7.90. The standard InChI is InChI=1S/C44H46Cl2N4O9S/c1-44(26-51,43(53)54)48-22-29-20-38(45)42(49-41(29)58-25-27-19-32(23-47-21-27)60(2,55)56)59-39-14-13-35-34(6-4-7-36(35)39)37-8-3-5-33(40(37)46)28-9-11-31(12-10-28)57-18-17-50-16-15-30(52)24-50/h3-12,19-21,23,30,39,48,51-52H,13-18,22,24-26H2,1-2H3,(H,53,54)/t30-,39+,44?/m1/s1. The van der Waals surface area contributed by atoms with Crippen molar-refractivity contribution in [3.8, 4) is 39.8 Å². The van der Waals surface area contributed by atoms with Gasteiger partial charge in [0.25, 0.3) is 0 Å². The average Bonchev–Trinajstić information content (AvgIpc) is 3.85. The Kier molecular flexibility index (Phi) is 13.3. The number of nitrogens with one attached hydrogen (secondary N) is 1. The number of hydrogen-bond donors (Lipinski definition) is 4. The molecule has 7 rings (SSSR count). The van der Waals surface area contributed by atoms with E-state index >= 15 is 0 Å². The van der Waals surface area contributed by atoms with Crippen LogP contribution in [-0.2, 0) is 34.2 Å². The van der Waals surface area contributed by atoms with Crippen LogP contribution in [0.5, 0.6) is 17.5 Å².